The van der Waals surface area contributed by atoms with Crippen LogP contribution in [0.15, 0.2) is 11.4 Å². The summed E-state index contributed by atoms with van der Waals surface area (Å²) in [6.45, 7) is 4.75. The zero-order valence-electron chi connectivity index (χ0n) is 9.50. The molecular weight excluding hydrogens is 335 g/mol. The van der Waals surface area contributed by atoms with Crippen molar-refractivity contribution in [3.63, 3.8) is 0 Å². The van der Waals surface area contributed by atoms with E-state index in [1.807, 2.05) is 11.4 Å². The maximum Gasteiger partial charge on any atom is 0.252 e. The molecular formula is C11H17IN2OS. The number of carbonyl (C=O) groups excluding carboxylic acids is 1. The SMILES string of the molecule is CC(C)CC(CN)NC(=O)c1csc(I)c1. The molecule has 1 unspecified atom stereocenters. The Morgan fingerprint density at radius 2 is 2.31 bits per heavy atom. The average Bonchev–Trinajstić information content (AvgIpc) is 2.63. The van der Waals surface area contributed by atoms with Crippen LogP contribution in [0.1, 0.15) is 30.6 Å². The van der Waals surface area contributed by atoms with Crippen molar-refractivity contribution in [3.8, 4) is 0 Å². The molecule has 1 atom stereocenters. The van der Waals surface area contributed by atoms with E-state index in [4.69, 9.17) is 5.73 Å². The van der Waals surface area contributed by atoms with Gasteiger partial charge in [-0.3, -0.25) is 4.79 Å². The molecule has 0 saturated carbocycles. The van der Waals surface area contributed by atoms with Crippen molar-refractivity contribution in [2.75, 3.05) is 6.54 Å². The summed E-state index contributed by atoms with van der Waals surface area (Å²) in [7, 11) is 0. The maximum atomic E-state index is 11.8. The second-order valence-corrected chi connectivity index (χ2v) is 6.98. The van der Waals surface area contributed by atoms with Gasteiger partial charge in [0.1, 0.15) is 0 Å². The Kier molecular flexibility index (Phi) is 5.71. The van der Waals surface area contributed by atoms with E-state index < -0.39 is 0 Å². The zero-order chi connectivity index (χ0) is 12.1. The molecule has 1 amide bonds. The molecule has 1 aromatic heterocycles. The lowest BCUT2D eigenvalue weighted by Gasteiger charge is -2.18. The van der Waals surface area contributed by atoms with Crippen molar-refractivity contribution in [2.45, 2.75) is 26.3 Å². The Labute approximate surface area is 114 Å². The highest BCUT2D eigenvalue weighted by atomic mass is 127. The van der Waals surface area contributed by atoms with Gasteiger partial charge in [-0.2, -0.15) is 0 Å². The molecule has 0 aliphatic rings. The third-order valence-electron chi connectivity index (χ3n) is 2.21. The lowest BCUT2D eigenvalue weighted by atomic mass is 10.0. The molecule has 0 aliphatic heterocycles. The molecule has 0 aliphatic carbocycles. The lowest BCUT2D eigenvalue weighted by molar-refractivity contribution is 0.0934. The van der Waals surface area contributed by atoms with Crippen LogP contribution < -0.4 is 11.1 Å². The van der Waals surface area contributed by atoms with Crippen molar-refractivity contribution < 1.29 is 4.79 Å². The fourth-order valence-electron chi connectivity index (χ4n) is 1.48. The summed E-state index contributed by atoms with van der Waals surface area (Å²) in [5, 5.41) is 4.84. The van der Waals surface area contributed by atoms with Crippen LogP contribution in [0.5, 0.6) is 0 Å². The predicted molar refractivity (Wildman–Crippen MR) is 76.8 cm³/mol. The molecule has 0 bridgehead atoms. The molecule has 1 heterocycles. The van der Waals surface area contributed by atoms with Gasteiger partial charge in [-0.25, -0.2) is 0 Å². The molecule has 0 radical (unpaired) electrons. The smallest absolute Gasteiger partial charge is 0.252 e. The number of nitrogens with one attached hydrogen (secondary N) is 1. The molecule has 0 aromatic carbocycles. The van der Waals surface area contributed by atoms with E-state index in [0.717, 1.165) is 14.9 Å². The average molecular weight is 352 g/mol. The third-order valence-corrected chi connectivity index (χ3v) is 3.99. The highest BCUT2D eigenvalue weighted by Crippen LogP contribution is 2.16. The highest BCUT2D eigenvalue weighted by molar-refractivity contribution is 14.1. The molecule has 0 spiro atoms. The van der Waals surface area contributed by atoms with E-state index in [2.05, 4.69) is 41.8 Å². The number of nitrogens with two attached hydrogens (primary N) is 1. The number of hydrogen-bond acceptors (Lipinski definition) is 3. The minimum atomic E-state index is -0.0183. The van der Waals surface area contributed by atoms with Crippen LogP contribution in [0.3, 0.4) is 0 Å². The summed E-state index contributed by atoms with van der Waals surface area (Å²) in [5.74, 6) is 0.520. The van der Waals surface area contributed by atoms with Gasteiger partial charge in [0.15, 0.2) is 0 Å². The van der Waals surface area contributed by atoms with E-state index in [1.165, 1.54) is 0 Å². The monoisotopic (exact) mass is 352 g/mol. The molecule has 16 heavy (non-hydrogen) atoms. The van der Waals surface area contributed by atoms with Crippen LogP contribution in [-0.2, 0) is 0 Å². The highest BCUT2D eigenvalue weighted by Gasteiger charge is 2.14. The minimum Gasteiger partial charge on any atom is -0.348 e. The first-order chi connectivity index (χ1) is 7.52. The van der Waals surface area contributed by atoms with Gasteiger partial charge in [0.2, 0.25) is 0 Å². The van der Waals surface area contributed by atoms with E-state index in [-0.39, 0.29) is 11.9 Å². The summed E-state index contributed by atoms with van der Waals surface area (Å²) < 4.78 is 1.12. The second-order valence-electron chi connectivity index (χ2n) is 4.18. The quantitative estimate of drug-likeness (QED) is 0.800. The van der Waals surface area contributed by atoms with Crippen molar-refractivity contribution in [1.82, 2.24) is 5.32 Å². The number of amides is 1. The van der Waals surface area contributed by atoms with E-state index in [1.54, 1.807) is 11.3 Å². The molecule has 0 saturated heterocycles. The van der Waals surface area contributed by atoms with Gasteiger partial charge in [-0.05, 0) is 41.0 Å². The largest absolute Gasteiger partial charge is 0.348 e. The van der Waals surface area contributed by atoms with Gasteiger partial charge >= 0.3 is 0 Å². The zero-order valence-corrected chi connectivity index (χ0v) is 12.5. The van der Waals surface area contributed by atoms with Gasteiger partial charge in [0, 0.05) is 18.0 Å². The molecule has 3 nitrogen and oxygen atoms in total. The summed E-state index contributed by atoms with van der Waals surface area (Å²) in [4.78, 5) is 11.8. The van der Waals surface area contributed by atoms with Gasteiger partial charge in [0.25, 0.3) is 5.91 Å². The number of rotatable bonds is 5. The van der Waals surface area contributed by atoms with E-state index in [0.29, 0.717) is 12.5 Å². The lowest BCUT2D eigenvalue weighted by Crippen LogP contribution is -2.40. The first-order valence-electron chi connectivity index (χ1n) is 5.28. The fraction of sp³-hybridized carbons (Fsp3) is 0.545. The molecule has 3 N–H and O–H groups in total. The topological polar surface area (TPSA) is 55.1 Å². The Hall–Kier alpha value is -0.140. The van der Waals surface area contributed by atoms with Gasteiger partial charge in [-0.15, -0.1) is 11.3 Å². The Morgan fingerprint density at radius 1 is 1.62 bits per heavy atom. The van der Waals surface area contributed by atoms with E-state index >= 15 is 0 Å². The van der Waals surface area contributed by atoms with Crippen molar-refractivity contribution in [1.29, 1.82) is 0 Å². The first kappa shape index (κ1) is 13.9. The fourth-order valence-corrected chi connectivity index (χ4v) is 2.81. The van der Waals surface area contributed by atoms with Crippen LogP contribution >= 0.6 is 33.9 Å². The summed E-state index contributed by atoms with van der Waals surface area (Å²) >= 11 is 3.79. The Bertz CT molecular complexity index is 352. The van der Waals surface area contributed by atoms with Crippen molar-refractivity contribution >= 4 is 39.8 Å². The first-order valence-corrected chi connectivity index (χ1v) is 7.23. The van der Waals surface area contributed by atoms with E-state index in [9.17, 15) is 4.79 Å². The Morgan fingerprint density at radius 3 is 2.75 bits per heavy atom. The molecule has 5 heteroatoms. The third kappa shape index (κ3) is 4.39. The van der Waals surface area contributed by atoms with Crippen molar-refractivity contribution in [2.24, 2.45) is 11.7 Å². The second kappa shape index (κ2) is 6.56. The standard InChI is InChI=1S/C11H17IN2OS/c1-7(2)3-9(5-13)14-11(15)8-4-10(12)16-6-8/h4,6-7,9H,3,5,13H2,1-2H3,(H,14,15). The number of thiophene rings is 1. The summed E-state index contributed by atoms with van der Waals surface area (Å²) in [5.41, 5.74) is 6.37. The summed E-state index contributed by atoms with van der Waals surface area (Å²) in [6, 6.07) is 1.97. The molecule has 1 rings (SSSR count). The van der Waals surface area contributed by atoms with Crippen LogP contribution in [-0.4, -0.2) is 18.5 Å². The van der Waals surface area contributed by atoms with Crippen LogP contribution in [0.2, 0.25) is 0 Å². The normalized spacial score (nSPS) is 12.8. The van der Waals surface area contributed by atoms with Crippen molar-refractivity contribution in [3.05, 3.63) is 19.9 Å². The number of halogens is 1. The van der Waals surface area contributed by atoms with Crippen LogP contribution in [0.4, 0.5) is 0 Å². The number of hydrogen-bond donors (Lipinski definition) is 2. The summed E-state index contributed by atoms with van der Waals surface area (Å²) in [6.07, 6.45) is 0.920. The molecule has 0 fully saturated rings. The van der Waals surface area contributed by atoms with Gasteiger partial charge in [0.05, 0.1) is 8.45 Å². The van der Waals surface area contributed by atoms with Crippen LogP contribution in [0, 0.1) is 8.80 Å². The Balaban J connectivity index is 2.55. The maximum absolute atomic E-state index is 11.8. The van der Waals surface area contributed by atoms with Gasteiger partial charge in [-0.1, -0.05) is 13.8 Å². The number of carbonyl (C=O) groups is 1. The van der Waals surface area contributed by atoms with Gasteiger partial charge < -0.3 is 11.1 Å². The van der Waals surface area contributed by atoms with Crippen LogP contribution in [0.25, 0.3) is 0 Å². The molecule has 90 valence electrons. The minimum absolute atomic E-state index is 0.0183. The predicted octanol–water partition coefficient (Wildman–Crippen LogP) is 2.46. The molecule has 1 aromatic rings.